The first-order chi connectivity index (χ1) is 17.0. The van der Waals surface area contributed by atoms with Gasteiger partial charge in [0.2, 0.25) is 5.82 Å². The maximum absolute atomic E-state index is 13.2. The van der Waals surface area contributed by atoms with E-state index in [1.54, 1.807) is 17.0 Å². The molecule has 1 atom stereocenters. The van der Waals surface area contributed by atoms with Crippen molar-refractivity contribution in [3.8, 4) is 17.1 Å². The largest absolute Gasteiger partial charge is 0.494 e. The Bertz CT molecular complexity index is 1370. The first-order valence-corrected chi connectivity index (χ1v) is 11.6. The molecule has 7 nitrogen and oxygen atoms in total. The molecule has 0 saturated heterocycles. The van der Waals surface area contributed by atoms with Crippen LogP contribution in [0.1, 0.15) is 31.3 Å². The fourth-order valence-electron chi connectivity index (χ4n) is 4.13. The zero-order chi connectivity index (χ0) is 24.4. The molecule has 1 unspecified atom stereocenters. The lowest BCUT2D eigenvalue weighted by Gasteiger charge is -2.35. The number of aromatic nitrogens is 2. The lowest BCUT2D eigenvalue weighted by molar-refractivity contribution is 0.244. The Kier molecular flexibility index (Phi) is 6.25. The number of ether oxygens (including phenoxy) is 1. The lowest BCUT2D eigenvalue weighted by atomic mass is 9.94. The summed E-state index contributed by atoms with van der Waals surface area (Å²) in [7, 11) is 0. The molecular formula is C27H23ClN4O3. The molecular weight excluding hydrogens is 464 g/mol. The van der Waals surface area contributed by atoms with Gasteiger partial charge in [-0.15, -0.1) is 0 Å². The second-order valence-electron chi connectivity index (χ2n) is 7.98. The normalized spacial score (nSPS) is 15.8. The summed E-state index contributed by atoms with van der Waals surface area (Å²) < 4.78 is 11.3. The van der Waals surface area contributed by atoms with Gasteiger partial charge in [-0.2, -0.15) is 4.98 Å². The maximum Gasteiger partial charge on any atom is 0.326 e. The van der Waals surface area contributed by atoms with Crippen LogP contribution < -0.4 is 15.0 Å². The number of carbonyl (C=O) groups excluding carboxylic acids is 1. The van der Waals surface area contributed by atoms with E-state index in [0.29, 0.717) is 34.6 Å². The Labute approximate surface area is 208 Å². The van der Waals surface area contributed by atoms with Crippen molar-refractivity contribution < 1.29 is 14.1 Å². The average molecular weight is 487 g/mol. The van der Waals surface area contributed by atoms with Gasteiger partial charge in [0.1, 0.15) is 5.75 Å². The second-order valence-corrected chi connectivity index (χ2v) is 8.42. The first kappa shape index (κ1) is 22.7. The number of halogens is 1. The highest BCUT2D eigenvalue weighted by molar-refractivity contribution is 6.30. The van der Waals surface area contributed by atoms with Crippen molar-refractivity contribution in [1.82, 2.24) is 15.5 Å². The van der Waals surface area contributed by atoms with Gasteiger partial charge in [-0.05, 0) is 67.9 Å². The van der Waals surface area contributed by atoms with Crippen LogP contribution in [-0.2, 0) is 0 Å². The van der Waals surface area contributed by atoms with Gasteiger partial charge in [-0.3, -0.25) is 4.90 Å². The van der Waals surface area contributed by atoms with Gasteiger partial charge in [-0.25, -0.2) is 4.79 Å². The van der Waals surface area contributed by atoms with E-state index in [-0.39, 0.29) is 6.03 Å². The van der Waals surface area contributed by atoms with E-state index in [1.807, 2.05) is 80.6 Å². The lowest BCUT2D eigenvalue weighted by Crippen LogP contribution is -2.46. The minimum Gasteiger partial charge on any atom is -0.494 e. The summed E-state index contributed by atoms with van der Waals surface area (Å²) in [5, 5.41) is 7.92. The van der Waals surface area contributed by atoms with Gasteiger partial charge in [-0.1, -0.05) is 47.1 Å². The van der Waals surface area contributed by atoms with Crippen LogP contribution in [0.4, 0.5) is 10.5 Å². The molecule has 0 radical (unpaired) electrons. The predicted molar refractivity (Wildman–Crippen MR) is 135 cm³/mol. The van der Waals surface area contributed by atoms with E-state index in [9.17, 15) is 4.79 Å². The van der Waals surface area contributed by atoms with Crippen molar-refractivity contribution in [2.24, 2.45) is 0 Å². The highest BCUT2D eigenvalue weighted by Gasteiger charge is 2.36. The van der Waals surface area contributed by atoms with Crippen LogP contribution in [0, 0.1) is 0 Å². The number of benzene rings is 3. The molecule has 0 spiro atoms. The van der Waals surface area contributed by atoms with E-state index < -0.39 is 6.04 Å². The number of hydrogen-bond acceptors (Lipinski definition) is 5. The number of amides is 2. The Balaban J connectivity index is 1.60. The number of para-hydroxylation sites is 1. The fraction of sp³-hybridized carbons (Fsp3) is 0.148. The van der Waals surface area contributed by atoms with Crippen LogP contribution in [0.25, 0.3) is 17.0 Å². The molecule has 1 aromatic heterocycles. The first-order valence-electron chi connectivity index (χ1n) is 11.2. The highest BCUT2D eigenvalue weighted by atomic mass is 35.5. The topological polar surface area (TPSA) is 80.5 Å². The molecule has 35 heavy (non-hydrogen) atoms. The van der Waals surface area contributed by atoms with Gasteiger partial charge in [0, 0.05) is 16.3 Å². The summed E-state index contributed by atoms with van der Waals surface area (Å²) in [6.07, 6.45) is 0. The molecule has 3 aromatic carbocycles. The molecule has 1 aliphatic heterocycles. The van der Waals surface area contributed by atoms with Gasteiger partial charge >= 0.3 is 6.03 Å². The van der Waals surface area contributed by atoms with E-state index >= 15 is 0 Å². The van der Waals surface area contributed by atoms with Crippen LogP contribution in [0.5, 0.6) is 5.75 Å². The quantitative estimate of drug-likeness (QED) is 0.337. The number of carbonyl (C=O) groups is 1. The van der Waals surface area contributed by atoms with Gasteiger partial charge in [0.25, 0.3) is 5.89 Å². The number of allylic oxidation sites excluding steroid dienone is 1. The number of rotatable bonds is 6. The molecule has 0 fully saturated rings. The monoisotopic (exact) mass is 486 g/mol. The fourth-order valence-corrected chi connectivity index (χ4v) is 4.26. The van der Waals surface area contributed by atoms with Crippen molar-refractivity contribution in [3.63, 3.8) is 0 Å². The molecule has 8 heteroatoms. The number of hydrogen-bond donors (Lipinski definition) is 1. The minimum absolute atomic E-state index is 0.247. The highest BCUT2D eigenvalue weighted by Crippen LogP contribution is 2.39. The van der Waals surface area contributed by atoms with Crippen molar-refractivity contribution in [2.45, 2.75) is 19.9 Å². The Morgan fingerprint density at radius 3 is 2.43 bits per heavy atom. The zero-order valence-corrected chi connectivity index (χ0v) is 20.0. The van der Waals surface area contributed by atoms with Gasteiger partial charge < -0.3 is 14.6 Å². The van der Waals surface area contributed by atoms with E-state index in [4.69, 9.17) is 25.8 Å². The van der Waals surface area contributed by atoms with Crippen LogP contribution in [0.3, 0.4) is 0 Å². The summed E-state index contributed by atoms with van der Waals surface area (Å²) in [4.78, 5) is 19.5. The summed E-state index contributed by atoms with van der Waals surface area (Å²) in [6, 6.07) is 23.5. The number of anilines is 1. The standard InChI is InChI=1S/C27H23ClN4O3/c1-3-34-22-15-11-19(12-16-22)25-30-26(35-31-25)23-17(2)32(21-7-5-4-6-8-21)27(33)29-24(23)18-9-13-20(28)14-10-18/h4-16,24H,3H2,1-2H3,(H,29,33). The van der Waals surface area contributed by atoms with Gasteiger partial charge in [0.05, 0.1) is 23.9 Å². The molecule has 1 aliphatic rings. The van der Waals surface area contributed by atoms with Gasteiger partial charge in [0.15, 0.2) is 0 Å². The third-order valence-electron chi connectivity index (χ3n) is 5.78. The number of urea groups is 1. The predicted octanol–water partition coefficient (Wildman–Crippen LogP) is 6.49. The third kappa shape index (κ3) is 4.50. The second kappa shape index (κ2) is 9.64. The van der Waals surface area contributed by atoms with E-state index in [2.05, 4.69) is 10.5 Å². The third-order valence-corrected chi connectivity index (χ3v) is 6.03. The Hall–Kier alpha value is -4.10. The maximum atomic E-state index is 13.2. The van der Waals surface area contributed by atoms with Crippen LogP contribution in [-0.4, -0.2) is 22.8 Å². The molecule has 1 N–H and O–H groups in total. The summed E-state index contributed by atoms with van der Waals surface area (Å²) >= 11 is 6.11. The minimum atomic E-state index is -0.492. The molecule has 4 aromatic rings. The van der Waals surface area contributed by atoms with Crippen molar-refractivity contribution >= 4 is 28.9 Å². The molecule has 176 valence electrons. The summed E-state index contributed by atoms with van der Waals surface area (Å²) in [5.41, 5.74) is 3.79. The zero-order valence-electron chi connectivity index (χ0n) is 19.2. The van der Waals surface area contributed by atoms with Crippen LogP contribution >= 0.6 is 11.6 Å². The molecule has 0 bridgehead atoms. The SMILES string of the molecule is CCOc1ccc(-c2noc(C3=C(C)N(c4ccccc4)C(=O)NC3c3ccc(Cl)cc3)n2)cc1. The average Bonchev–Trinajstić information content (AvgIpc) is 3.35. The molecule has 2 heterocycles. The van der Waals surface area contributed by atoms with Crippen molar-refractivity contribution in [2.75, 3.05) is 11.5 Å². The van der Waals surface area contributed by atoms with Crippen LogP contribution in [0.15, 0.2) is 89.1 Å². The van der Waals surface area contributed by atoms with E-state index in [1.165, 1.54) is 0 Å². The van der Waals surface area contributed by atoms with Crippen molar-refractivity contribution in [3.05, 3.63) is 101 Å². The van der Waals surface area contributed by atoms with Crippen molar-refractivity contribution in [1.29, 1.82) is 0 Å². The molecule has 2 amide bonds. The molecule has 5 rings (SSSR count). The smallest absolute Gasteiger partial charge is 0.326 e. The van der Waals surface area contributed by atoms with E-state index in [0.717, 1.165) is 22.6 Å². The Morgan fingerprint density at radius 2 is 1.74 bits per heavy atom. The summed E-state index contributed by atoms with van der Waals surface area (Å²) in [6.45, 7) is 4.41. The van der Waals surface area contributed by atoms with Crippen LogP contribution in [0.2, 0.25) is 5.02 Å². The summed E-state index contributed by atoms with van der Waals surface area (Å²) in [5.74, 6) is 1.54. The molecule has 0 saturated carbocycles. The molecule has 0 aliphatic carbocycles. The number of nitrogens with zero attached hydrogens (tertiary/aromatic N) is 3. The Morgan fingerprint density at radius 1 is 1.03 bits per heavy atom. The number of nitrogens with one attached hydrogen (secondary N) is 1.